The van der Waals surface area contributed by atoms with Gasteiger partial charge < -0.3 is 10.4 Å². The van der Waals surface area contributed by atoms with Crippen molar-refractivity contribution in [2.45, 2.75) is 38.8 Å². The molecular weight excluding hydrogens is 236 g/mol. The van der Waals surface area contributed by atoms with E-state index < -0.39 is 5.60 Å². The van der Waals surface area contributed by atoms with Crippen molar-refractivity contribution < 1.29 is 5.11 Å². The highest BCUT2D eigenvalue weighted by atomic mass is 16.3. The molecule has 0 atom stereocenters. The van der Waals surface area contributed by atoms with Crippen molar-refractivity contribution in [1.29, 1.82) is 0 Å². The van der Waals surface area contributed by atoms with Crippen LogP contribution in [0, 0.1) is 0 Å². The maximum atomic E-state index is 10.2. The summed E-state index contributed by atoms with van der Waals surface area (Å²) in [5.41, 5.74) is 0.575. The van der Waals surface area contributed by atoms with Crippen LogP contribution < -0.4 is 5.32 Å². The number of pyridine rings is 1. The minimum Gasteiger partial charge on any atom is -0.389 e. The zero-order chi connectivity index (χ0) is 13.7. The average Bonchev–Trinajstić information content (AvgIpc) is 2.47. The molecule has 1 heterocycles. The molecule has 0 saturated carbocycles. The van der Waals surface area contributed by atoms with Crippen molar-refractivity contribution in [3.05, 3.63) is 42.2 Å². The molecule has 19 heavy (non-hydrogen) atoms. The van der Waals surface area contributed by atoms with Crippen LogP contribution in [0.15, 0.2) is 36.7 Å². The lowest BCUT2D eigenvalue weighted by Crippen LogP contribution is -2.39. The van der Waals surface area contributed by atoms with E-state index in [-0.39, 0.29) is 0 Å². The molecule has 0 spiro atoms. The molecule has 2 N–H and O–H groups in total. The lowest BCUT2D eigenvalue weighted by Gasteiger charge is -2.25. The quantitative estimate of drug-likeness (QED) is 0.837. The summed E-state index contributed by atoms with van der Waals surface area (Å²) in [7, 11) is 0. The maximum Gasteiger partial charge on any atom is 0.0766 e. The van der Waals surface area contributed by atoms with Crippen LogP contribution in [-0.4, -0.2) is 22.2 Å². The van der Waals surface area contributed by atoms with Gasteiger partial charge in [-0.1, -0.05) is 38.1 Å². The number of rotatable bonds is 6. The lowest BCUT2D eigenvalue weighted by molar-refractivity contribution is 0.0323. The molecule has 0 amide bonds. The van der Waals surface area contributed by atoms with Crippen molar-refractivity contribution >= 4 is 10.8 Å². The van der Waals surface area contributed by atoms with Crippen LogP contribution in [0.5, 0.6) is 0 Å². The number of hydrogen-bond donors (Lipinski definition) is 2. The second kappa shape index (κ2) is 6.13. The van der Waals surface area contributed by atoms with E-state index in [0.29, 0.717) is 6.54 Å². The third kappa shape index (κ3) is 3.31. The van der Waals surface area contributed by atoms with Gasteiger partial charge in [-0.05, 0) is 23.8 Å². The van der Waals surface area contributed by atoms with E-state index in [1.807, 2.05) is 38.4 Å². The van der Waals surface area contributed by atoms with Crippen LogP contribution in [-0.2, 0) is 6.54 Å². The van der Waals surface area contributed by atoms with Crippen LogP contribution in [0.2, 0.25) is 0 Å². The van der Waals surface area contributed by atoms with E-state index in [0.717, 1.165) is 24.8 Å². The maximum absolute atomic E-state index is 10.2. The van der Waals surface area contributed by atoms with Crippen molar-refractivity contribution in [3.63, 3.8) is 0 Å². The van der Waals surface area contributed by atoms with Gasteiger partial charge in [-0.15, -0.1) is 0 Å². The fourth-order valence-electron chi connectivity index (χ4n) is 2.25. The summed E-state index contributed by atoms with van der Waals surface area (Å²) in [4.78, 5) is 4.27. The summed E-state index contributed by atoms with van der Waals surface area (Å²) in [5.74, 6) is 0. The molecule has 1 aromatic carbocycles. The molecule has 0 radical (unpaired) electrons. The Kier molecular flexibility index (Phi) is 4.51. The van der Waals surface area contributed by atoms with E-state index in [1.165, 1.54) is 10.9 Å². The number of benzene rings is 1. The fourth-order valence-corrected chi connectivity index (χ4v) is 2.25. The summed E-state index contributed by atoms with van der Waals surface area (Å²) < 4.78 is 0. The van der Waals surface area contributed by atoms with E-state index >= 15 is 0 Å². The molecular formula is C16H22N2O. The number of nitrogens with one attached hydrogen (secondary N) is 1. The van der Waals surface area contributed by atoms with E-state index in [1.54, 1.807) is 0 Å². The Hall–Kier alpha value is -1.45. The molecule has 0 aliphatic heterocycles. The molecule has 0 fully saturated rings. The first-order valence-electron chi connectivity index (χ1n) is 6.93. The second-order valence-electron chi connectivity index (χ2n) is 5.05. The Labute approximate surface area is 114 Å². The first-order chi connectivity index (χ1) is 9.18. The molecule has 3 heteroatoms. The van der Waals surface area contributed by atoms with Gasteiger partial charge in [0.25, 0.3) is 0 Å². The predicted octanol–water partition coefficient (Wildman–Crippen LogP) is 2.88. The molecule has 3 nitrogen and oxygen atoms in total. The van der Waals surface area contributed by atoms with Crippen molar-refractivity contribution in [3.8, 4) is 0 Å². The summed E-state index contributed by atoms with van der Waals surface area (Å²) in [6, 6.07) is 8.24. The Bertz CT molecular complexity index is 530. The van der Waals surface area contributed by atoms with Crippen molar-refractivity contribution in [2.75, 3.05) is 6.54 Å². The normalized spacial score (nSPS) is 11.9. The highest BCUT2D eigenvalue weighted by molar-refractivity contribution is 5.84. The van der Waals surface area contributed by atoms with Crippen molar-refractivity contribution in [2.24, 2.45) is 0 Å². The number of fused-ring (bicyclic) bond motifs is 1. The first kappa shape index (κ1) is 14.0. The number of hydrogen-bond acceptors (Lipinski definition) is 3. The topological polar surface area (TPSA) is 45.1 Å². The van der Waals surface area contributed by atoms with Crippen LogP contribution >= 0.6 is 0 Å². The van der Waals surface area contributed by atoms with Gasteiger partial charge in [-0.25, -0.2) is 0 Å². The fraction of sp³-hybridized carbons (Fsp3) is 0.438. The van der Waals surface area contributed by atoms with Crippen LogP contribution in [0.3, 0.4) is 0 Å². The molecule has 102 valence electrons. The van der Waals surface area contributed by atoms with Crippen LogP contribution in [0.4, 0.5) is 0 Å². The average molecular weight is 258 g/mol. The lowest BCUT2D eigenvalue weighted by atomic mass is 9.97. The van der Waals surface area contributed by atoms with Crippen LogP contribution in [0.1, 0.15) is 32.3 Å². The monoisotopic (exact) mass is 258 g/mol. The first-order valence-corrected chi connectivity index (χ1v) is 6.93. The molecule has 2 rings (SSSR count). The Morgan fingerprint density at radius 3 is 2.63 bits per heavy atom. The number of aliphatic hydroxyl groups is 1. The molecule has 0 bridgehead atoms. The minimum absolute atomic E-state index is 0.599. The molecule has 0 unspecified atom stereocenters. The Balaban J connectivity index is 2.06. The second-order valence-corrected chi connectivity index (χ2v) is 5.05. The van der Waals surface area contributed by atoms with Gasteiger partial charge in [-0.2, -0.15) is 0 Å². The predicted molar refractivity (Wildman–Crippen MR) is 79.0 cm³/mol. The third-order valence-corrected chi connectivity index (χ3v) is 3.84. The van der Waals surface area contributed by atoms with Crippen LogP contribution in [0.25, 0.3) is 10.8 Å². The highest BCUT2D eigenvalue weighted by Crippen LogP contribution is 2.17. The van der Waals surface area contributed by atoms with Gasteiger partial charge in [0.1, 0.15) is 0 Å². The zero-order valence-electron chi connectivity index (χ0n) is 11.7. The summed E-state index contributed by atoms with van der Waals surface area (Å²) in [5, 5.41) is 16.0. The molecule has 2 aromatic rings. The standard InChI is InChI=1S/C16H22N2O/c1-3-16(19,4-2)12-18-11-14-10-17-9-13-7-5-6-8-15(13)14/h5-10,18-19H,3-4,11-12H2,1-2H3. The van der Waals surface area contributed by atoms with E-state index in [4.69, 9.17) is 0 Å². The van der Waals surface area contributed by atoms with E-state index in [2.05, 4.69) is 22.4 Å². The van der Waals surface area contributed by atoms with Gasteiger partial charge in [0.05, 0.1) is 5.60 Å². The van der Waals surface area contributed by atoms with Crippen molar-refractivity contribution in [1.82, 2.24) is 10.3 Å². The van der Waals surface area contributed by atoms with Gasteiger partial charge in [0.15, 0.2) is 0 Å². The molecule has 0 aliphatic carbocycles. The molecule has 1 aromatic heterocycles. The van der Waals surface area contributed by atoms with E-state index in [9.17, 15) is 5.11 Å². The van der Waals surface area contributed by atoms with Gasteiger partial charge >= 0.3 is 0 Å². The minimum atomic E-state index is -0.599. The number of aromatic nitrogens is 1. The Morgan fingerprint density at radius 1 is 1.16 bits per heavy atom. The number of nitrogens with zero attached hydrogens (tertiary/aromatic N) is 1. The zero-order valence-corrected chi connectivity index (χ0v) is 11.7. The smallest absolute Gasteiger partial charge is 0.0766 e. The van der Waals surface area contributed by atoms with Gasteiger partial charge in [-0.3, -0.25) is 4.98 Å². The molecule has 0 saturated heterocycles. The summed E-state index contributed by atoms with van der Waals surface area (Å²) in [6.45, 7) is 5.38. The molecule has 0 aliphatic rings. The Morgan fingerprint density at radius 2 is 1.89 bits per heavy atom. The summed E-state index contributed by atoms with van der Waals surface area (Å²) >= 11 is 0. The SMILES string of the molecule is CCC(O)(CC)CNCc1cncc2ccccc12. The summed E-state index contributed by atoms with van der Waals surface area (Å²) in [6.07, 6.45) is 5.31. The van der Waals surface area contributed by atoms with Gasteiger partial charge in [0.2, 0.25) is 0 Å². The third-order valence-electron chi connectivity index (χ3n) is 3.84. The van der Waals surface area contributed by atoms with Gasteiger partial charge in [0, 0.05) is 30.9 Å². The largest absolute Gasteiger partial charge is 0.389 e. The highest BCUT2D eigenvalue weighted by Gasteiger charge is 2.21.